The predicted molar refractivity (Wildman–Crippen MR) is 110 cm³/mol. The molecule has 3 fully saturated rings. The van der Waals surface area contributed by atoms with E-state index in [1.165, 1.54) is 38.8 Å². The Morgan fingerprint density at radius 1 is 1.14 bits per heavy atom. The molecule has 2 aliphatic heterocycles. The molecular formula is C23H34N2O3. The molecule has 0 bridgehead atoms. The number of nitrogens with zero attached hydrogens (tertiary/aromatic N) is 1. The summed E-state index contributed by atoms with van der Waals surface area (Å²) in [5, 5.41) is 3.21. The third kappa shape index (κ3) is 4.87. The van der Waals surface area contributed by atoms with E-state index in [1.54, 1.807) is 0 Å². The zero-order valence-electron chi connectivity index (χ0n) is 17.0. The van der Waals surface area contributed by atoms with Gasteiger partial charge in [0.1, 0.15) is 5.75 Å². The third-order valence-corrected chi connectivity index (χ3v) is 6.52. The van der Waals surface area contributed by atoms with E-state index in [1.807, 2.05) is 12.1 Å². The summed E-state index contributed by atoms with van der Waals surface area (Å²) in [5.41, 5.74) is 0.634. The van der Waals surface area contributed by atoms with Crippen molar-refractivity contribution in [1.82, 2.24) is 10.2 Å². The van der Waals surface area contributed by atoms with E-state index in [0.717, 1.165) is 50.3 Å². The molecule has 2 saturated heterocycles. The Labute approximate surface area is 168 Å². The number of hydrogen-bond acceptors (Lipinski definition) is 4. The minimum atomic E-state index is -0.457. The number of amides is 1. The molecule has 0 aromatic heterocycles. The Balaban J connectivity index is 1.33. The number of benzene rings is 1. The van der Waals surface area contributed by atoms with Gasteiger partial charge in [-0.25, -0.2) is 0 Å². The number of nitrogens with one attached hydrogen (secondary N) is 1. The lowest BCUT2D eigenvalue weighted by Gasteiger charge is -2.36. The minimum Gasteiger partial charge on any atom is -0.494 e. The number of carbonyl (C=O) groups excluding carboxylic acids is 1. The van der Waals surface area contributed by atoms with Crippen molar-refractivity contribution in [2.75, 3.05) is 46.0 Å². The van der Waals surface area contributed by atoms with Crippen LogP contribution in [0.15, 0.2) is 24.3 Å². The molecule has 1 aromatic carbocycles. The molecule has 5 heteroatoms. The molecule has 1 amide bonds. The third-order valence-electron chi connectivity index (χ3n) is 6.52. The molecule has 5 nitrogen and oxygen atoms in total. The molecule has 1 aromatic rings. The van der Waals surface area contributed by atoms with Gasteiger partial charge in [-0.15, -0.1) is 0 Å². The monoisotopic (exact) mass is 386 g/mol. The molecule has 4 rings (SSSR count). The molecule has 0 radical (unpaired) electrons. The zero-order chi connectivity index (χ0) is 19.2. The minimum absolute atomic E-state index is 0.169. The van der Waals surface area contributed by atoms with Crippen molar-refractivity contribution in [3.63, 3.8) is 0 Å². The number of ether oxygens (including phenoxy) is 2. The average Bonchev–Trinajstić information content (AvgIpc) is 3.43. The first-order chi connectivity index (χ1) is 13.8. The molecule has 3 aliphatic rings. The second-order valence-corrected chi connectivity index (χ2v) is 8.62. The molecule has 0 unspecified atom stereocenters. The lowest BCUT2D eigenvalue weighted by atomic mass is 9.73. The fraction of sp³-hybridized carbons (Fsp3) is 0.696. The molecule has 1 saturated carbocycles. The first kappa shape index (κ1) is 19.7. The Kier molecular flexibility index (Phi) is 6.53. The van der Waals surface area contributed by atoms with Crippen LogP contribution in [-0.4, -0.2) is 56.8 Å². The summed E-state index contributed by atoms with van der Waals surface area (Å²) in [6.07, 6.45) is 7.73. The van der Waals surface area contributed by atoms with Crippen LogP contribution in [0.2, 0.25) is 0 Å². The van der Waals surface area contributed by atoms with Crippen molar-refractivity contribution in [3.8, 4) is 5.75 Å². The second kappa shape index (κ2) is 9.27. The van der Waals surface area contributed by atoms with Crippen LogP contribution in [0.25, 0.3) is 0 Å². The van der Waals surface area contributed by atoms with E-state index >= 15 is 0 Å². The number of rotatable bonds is 9. The fourth-order valence-electron chi connectivity index (χ4n) is 4.45. The predicted octanol–water partition coefficient (Wildman–Crippen LogP) is 3.13. The van der Waals surface area contributed by atoms with E-state index in [-0.39, 0.29) is 5.91 Å². The van der Waals surface area contributed by atoms with E-state index in [9.17, 15) is 4.79 Å². The van der Waals surface area contributed by atoms with Crippen molar-refractivity contribution in [3.05, 3.63) is 29.8 Å². The van der Waals surface area contributed by atoms with Crippen LogP contribution in [0.1, 0.15) is 50.5 Å². The standard InChI is InChI=1S/C23H34N2O3/c26-22(24-18-19-4-5-19)23(10-16-27-17-11-23)20-6-8-21(9-7-20)28-15-3-14-25-12-1-2-13-25/h6-9,19H,1-5,10-18H2,(H,24,26). The average molecular weight is 387 g/mol. The lowest BCUT2D eigenvalue weighted by Crippen LogP contribution is -2.48. The van der Waals surface area contributed by atoms with Crippen LogP contribution < -0.4 is 10.1 Å². The Hall–Kier alpha value is -1.59. The first-order valence-corrected chi connectivity index (χ1v) is 11.1. The summed E-state index contributed by atoms with van der Waals surface area (Å²) < 4.78 is 11.5. The summed E-state index contributed by atoms with van der Waals surface area (Å²) in [4.78, 5) is 15.6. The van der Waals surface area contributed by atoms with E-state index in [2.05, 4.69) is 22.3 Å². The van der Waals surface area contributed by atoms with Gasteiger partial charge in [-0.2, -0.15) is 0 Å². The maximum absolute atomic E-state index is 13.1. The molecule has 154 valence electrons. The second-order valence-electron chi connectivity index (χ2n) is 8.62. The van der Waals surface area contributed by atoms with Crippen molar-refractivity contribution >= 4 is 5.91 Å². The van der Waals surface area contributed by atoms with E-state index in [4.69, 9.17) is 9.47 Å². The van der Waals surface area contributed by atoms with E-state index in [0.29, 0.717) is 19.1 Å². The van der Waals surface area contributed by atoms with Gasteiger partial charge in [-0.3, -0.25) is 4.79 Å². The van der Waals surface area contributed by atoms with E-state index < -0.39 is 5.41 Å². The van der Waals surface area contributed by atoms with Crippen LogP contribution >= 0.6 is 0 Å². The van der Waals surface area contributed by atoms with Crippen LogP contribution in [0.4, 0.5) is 0 Å². The maximum atomic E-state index is 13.1. The van der Waals surface area contributed by atoms with Crippen LogP contribution in [0.5, 0.6) is 5.75 Å². The van der Waals surface area contributed by atoms with Gasteiger partial charge in [0.05, 0.1) is 12.0 Å². The largest absolute Gasteiger partial charge is 0.494 e. The highest BCUT2D eigenvalue weighted by molar-refractivity contribution is 5.88. The zero-order valence-corrected chi connectivity index (χ0v) is 17.0. The Morgan fingerprint density at radius 2 is 1.86 bits per heavy atom. The van der Waals surface area contributed by atoms with Crippen LogP contribution in [0, 0.1) is 5.92 Å². The normalized spacial score (nSPS) is 22.1. The molecule has 1 aliphatic carbocycles. The van der Waals surface area contributed by atoms with Gasteiger partial charge in [0, 0.05) is 26.3 Å². The van der Waals surface area contributed by atoms with Gasteiger partial charge >= 0.3 is 0 Å². The van der Waals surface area contributed by atoms with Gasteiger partial charge in [0.15, 0.2) is 0 Å². The topological polar surface area (TPSA) is 50.8 Å². The highest BCUT2D eigenvalue weighted by Crippen LogP contribution is 2.36. The number of carbonyl (C=O) groups is 1. The summed E-state index contributed by atoms with van der Waals surface area (Å²) in [6.45, 7) is 6.46. The maximum Gasteiger partial charge on any atom is 0.230 e. The molecule has 0 atom stereocenters. The SMILES string of the molecule is O=C(NCC1CC1)C1(c2ccc(OCCCN3CCCC3)cc2)CCOCC1. The van der Waals surface area contributed by atoms with Crippen molar-refractivity contribution in [2.24, 2.45) is 5.92 Å². The highest BCUT2D eigenvalue weighted by Gasteiger charge is 2.42. The van der Waals surface area contributed by atoms with Gasteiger partial charge in [0.25, 0.3) is 0 Å². The smallest absolute Gasteiger partial charge is 0.230 e. The highest BCUT2D eigenvalue weighted by atomic mass is 16.5. The van der Waals surface area contributed by atoms with Crippen molar-refractivity contribution in [2.45, 2.75) is 50.4 Å². The molecular weight excluding hydrogens is 352 g/mol. The summed E-state index contributed by atoms with van der Waals surface area (Å²) in [5.74, 6) is 1.75. The van der Waals surface area contributed by atoms with Crippen LogP contribution in [0.3, 0.4) is 0 Å². The molecule has 1 N–H and O–H groups in total. The van der Waals surface area contributed by atoms with Gasteiger partial charge in [-0.05, 0) is 81.6 Å². The molecule has 28 heavy (non-hydrogen) atoms. The summed E-state index contributed by atoms with van der Waals surface area (Å²) in [7, 11) is 0. The van der Waals surface area contributed by atoms with Crippen LogP contribution in [-0.2, 0) is 14.9 Å². The van der Waals surface area contributed by atoms with Crippen molar-refractivity contribution < 1.29 is 14.3 Å². The quantitative estimate of drug-likeness (QED) is 0.663. The van der Waals surface area contributed by atoms with Gasteiger partial charge in [-0.1, -0.05) is 12.1 Å². The molecule has 0 spiro atoms. The Bertz CT molecular complexity index is 630. The fourth-order valence-corrected chi connectivity index (χ4v) is 4.45. The number of hydrogen-bond donors (Lipinski definition) is 1. The summed E-state index contributed by atoms with van der Waals surface area (Å²) in [6, 6.07) is 8.21. The van der Waals surface area contributed by atoms with Gasteiger partial charge < -0.3 is 19.7 Å². The molecule has 2 heterocycles. The summed E-state index contributed by atoms with van der Waals surface area (Å²) >= 11 is 0. The first-order valence-electron chi connectivity index (χ1n) is 11.1. The number of likely N-dealkylation sites (tertiary alicyclic amines) is 1. The van der Waals surface area contributed by atoms with Gasteiger partial charge in [0.2, 0.25) is 5.91 Å². The van der Waals surface area contributed by atoms with Crippen molar-refractivity contribution in [1.29, 1.82) is 0 Å². The Morgan fingerprint density at radius 3 is 2.54 bits per heavy atom. The lowest BCUT2D eigenvalue weighted by molar-refractivity contribution is -0.130.